The highest BCUT2D eigenvalue weighted by Crippen LogP contribution is 2.33. The number of para-hydroxylation sites is 1. The van der Waals surface area contributed by atoms with Gasteiger partial charge in [-0.15, -0.1) is 0 Å². The highest BCUT2D eigenvalue weighted by molar-refractivity contribution is 6.44. The third-order valence-electron chi connectivity index (χ3n) is 5.72. The third-order valence-corrected chi connectivity index (χ3v) is 6.78. The molecule has 0 atom stereocenters. The Hall–Kier alpha value is -3.18. The Balaban J connectivity index is 1.57. The lowest BCUT2D eigenvalue weighted by molar-refractivity contribution is 0.0746. The van der Waals surface area contributed by atoms with E-state index in [1.54, 1.807) is 24.1 Å². The smallest absolute Gasteiger partial charge is 0.257 e. The average molecular weight is 540 g/mol. The van der Waals surface area contributed by atoms with E-state index in [4.69, 9.17) is 39.5 Å². The number of anilines is 1. The summed E-state index contributed by atoms with van der Waals surface area (Å²) in [5.74, 6) is 1.28. The van der Waals surface area contributed by atoms with Crippen LogP contribution in [0.25, 0.3) is 0 Å². The lowest BCUT2D eigenvalue weighted by Crippen LogP contribution is -2.33. The SMILES string of the molecule is CNc1ccc(Cl)c(Cl)c1C(=O)N(CCc1ccc(Cl)cc1)Cc1ccc(Oc2ccccc2)cc1. The van der Waals surface area contributed by atoms with Gasteiger partial charge in [-0.25, -0.2) is 0 Å². The first-order chi connectivity index (χ1) is 17.4. The molecule has 0 aliphatic rings. The molecule has 0 saturated carbocycles. The topological polar surface area (TPSA) is 41.6 Å². The van der Waals surface area contributed by atoms with E-state index in [1.807, 2.05) is 78.9 Å². The maximum absolute atomic E-state index is 13.8. The van der Waals surface area contributed by atoms with Gasteiger partial charge in [0.25, 0.3) is 5.91 Å². The Labute approximate surface area is 226 Å². The number of hydrogen-bond acceptors (Lipinski definition) is 3. The second-order valence-electron chi connectivity index (χ2n) is 8.20. The molecule has 0 heterocycles. The molecule has 0 saturated heterocycles. The summed E-state index contributed by atoms with van der Waals surface area (Å²) in [6.45, 7) is 0.874. The Morgan fingerprint density at radius 2 is 1.44 bits per heavy atom. The summed E-state index contributed by atoms with van der Waals surface area (Å²) in [7, 11) is 1.75. The molecule has 4 nitrogen and oxygen atoms in total. The summed E-state index contributed by atoms with van der Waals surface area (Å²) < 4.78 is 5.90. The summed E-state index contributed by atoms with van der Waals surface area (Å²) >= 11 is 18.8. The summed E-state index contributed by atoms with van der Waals surface area (Å²) in [6.07, 6.45) is 0.658. The number of halogens is 3. The maximum atomic E-state index is 13.8. The van der Waals surface area contributed by atoms with Crippen molar-refractivity contribution >= 4 is 46.4 Å². The molecule has 0 fully saturated rings. The average Bonchev–Trinajstić information content (AvgIpc) is 2.90. The van der Waals surface area contributed by atoms with E-state index in [0.717, 1.165) is 22.6 Å². The van der Waals surface area contributed by atoms with Crippen LogP contribution >= 0.6 is 34.8 Å². The standard InChI is InChI=1S/C29H25Cl3N2O2/c1-33-26-16-15-25(31)28(32)27(26)29(35)34(18-17-20-7-11-22(30)12-8-20)19-21-9-13-24(14-10-21)36-23-5-3-2-4-6-23/h2-16,33H,17-19H2,1H3. The van der Waals surface area contributed by atoms with E-state index >= 15 is 0 Å². The normalized spacial score (nSPS) is 10.7. The van der Waals surface area contributed by atoms with Crippen LogP contribution in [0.1, 0.15) is 21.5 Å². The van der Waals surface area contributed by atoms with Crippen LogP contribution in [0.4, 0.5) is 5.69 Å². The first kappa shape index (κ1) is 25.9. The van der Waals surface area contributed by atoms with Gasteiger partial charge in [0.2, 0.25) is 0 Å². The van der Waals surface area contributed by atoms with Crippen molar-refractivity contribution in [3.63, 3.8) is 0 Å². The Bertz CT molecular complexity index is 1310. The Morgan fingerprint density at radius 1 is 0.806 bits per heavy atom. The van der Waals surface area contributed by atoms with Gasteiger partial charge in [0.15, 0.2) is 0 Å². The highest BCUT2D eigenvalue weighted by Gasteiger charge is 2.23. The zero-order chi connectivity index (χ0) is 25.5. The van der Waals surface area contributed by atoms with Crippen LogP contribution in [0.3, 0.4) is 0 Å². The van der Waals surface area contributed by atoms with Crippen molar-refractivity contribution in [2.45, 2.75) is 13.0 Å². The molecule has 0 aliphatic carbocycles. The highest BCUT2D eigenvalue weighted by atomic mass is 35.5. The van der Waals surface area contributed by atoms with Gasteiger partial charge in [0.1, 0.15) is 11.5 Å². The van der Waals surface area contributed by atoms with E-state index in [1.165, 1.54) is 0 Å². The molecular weight excluding hydrogens is 515 g/mol. The molecule has 4 aromatic carbocycles. The Kier molecular flexibility index (Phi) is 8.76. The van der Waals surface area contributed by atoms with Crippen molar-refractivity contribution in [2.75, 3.05) is 18.9 Å². The summed E-state index contributed by atoms with van der Waals surface area (Å²) in [6, 6.07) is 28.4. The van der Waals surface area contributed by atoms with Gasteiger partial charge in [0.05, 0.1) is 15.6 Å². The minimum absolute atomic E-state index is 0.203. The predicted octanol–water partition coefficient (Wildman–Crippen LogP) is 8.37. The molecule has 1 amide bonds. The van der Waals surface area contributed by atoms with Gasteiger partial charge in [0, 0.05) is 30.8 Å². The van der Waals surface area contributed by atoms with Crippen LogP contribution in [0.2, 0.25) is 15.1 Å². The first-order valence-corrected chi connectivity index (χ1v) is 12.6. The molecule has 4 aromatic rings. The summed E-state index contributed by atoms with van der Waals surface area (Å²) in [4.78, 5) is 15.6. The van der Waals surface area contributed by atoms with Crippen molar-refractivity contribution in [3.8, 4) is 11.5 Å². The molecule has 36 heavy (non-hydrogen) atoms. The van der Waals surface area contributed by atoms with Crippen molar-refractivity contribution in [1.29, 1.82) is 0 Å². The van der Waals surface area contributed by atoms with Crippen LogP contribution in [0.15, 0.2) is 91.0 Å². The van der Waals surface area contributed by atoms with Crippen LogP contribution < -0.4 is 10.1 Å². The van der Waals surface area contributed by atoms with Gasteiger partial charge in [-0.1, -0.05) is 77.3 Å². The number of benzene rings is 4. The molecule has 0 aliphatic heterocycles. The zero-order valence-corrected chi connectivity index (χ0v) is 21.9. The number of ether oxygens (including phenoxy) is 1. The van der Waals surface area contributed by atoms with E-state index in [2.05, 4.69) is 5.32 Å². The number of rotatable bonds is 9. The number of amides is 1. The van der Waals surface area contributed by atoms with Gasteiger partial charge in [-0.05, 0) is 66.1 Å². The number of nitrogens with zero attached hydrogens (tertiary/aromatic N) is 1. The molecule has 0 radical (unpaired) electrons. The lowest BCUT2D eigenvalue weighted by Gasteiger charge is -2.25. The molecule has 7 heteroatoms. The lowest BCUT2D eigenvalue weighted by atomic mass is 10.1. The molecule has 0 aromatic heterocycles. The van der Waals surface area contributed by atoms with Crippen molar-refractivity contribution in [1.82, 2.24) is 4.90 Å². The minimum Gasteiger partial charge on any atom is -0.457 e. The fourth-order valence-electron chi connectivity index (χ4n) is 3.80. The molecule has 184 valence electrons. The van der Waals surface area contributed by atoms with E-state index in [9.17, 15) is 4.79 Å². The summed E-state index contributed by atoms with van der Waals surface area (Å²) in [5.41, 5.74) is 3.02. The fraction of sp³-hybridized carbons (Fsp3) is 0.138. The first-order valence-electron chi connectivity index (χ1n) is 11.5. The van der Waals surface area contributed by atoms with Crippen molar-refractivity contribution in [3.05, 3.63) is 123 Å². The quantitative estimate of drug-likeness (QED) is 0.232. The second kappa shape index (κ2) is 12.2. The van der Waals surface area contributed by atoms with E-state index in [-0.39, 0.29) is 10.9 Å². The molecule has 0 unspecified atom stereocenters. The number of hydrogen-bond donors (Lipinski definition) is 1. The van der Waals surface area contributed by atoms with Crippen molar-refractivity contribution < 1.29 is 9.53 Å². The second-order valence-corrected chi connectivity index (χ2v) is 9.42. The molecule has 4 rings (SSSR count). The van der Waals surface area contributed by atoms with Crippen LogP contribution in [-0.2, 0) is 13.0 Å². The monoisotopic (exact) mass is 538 g/mol. The Morgan fingerprint density at radius 3 is 2.11 bits per heavy atom. The molecule has 0 bridgehead atoms. The molecule has 0 spiro atoms. The van der Waals surface area contributed by atoms with Gasteiger partial charge in [-0.2, -0.15) is 0 Å². The van der Waals surface area contributed by atoms with Crippen molar-refractivity contribution in [2.24, 2.45) is 0 Å². The third kappa shape index (κ3) is 6.52. The van der Waals surface area contributed by atoms with Gasteiger partial charge in [-0.3, -0.25) is 4.79 Å². The summed E-state index contributed by atoms with van der Waals surface area (Å²) in [5, 5.41) is 4.29. The molecular formula is C29H25Cl3N2O2. The minimum atomic E-state index is -0.203. The van der Waals surface area contributed by atoms with E-state index in [0.29, 0.717) is 40.8 Å². The fourth-order valence-corrected chi connectivity index (χ4v) is 4.33. The van der Waals surface area contributed by atoms with Gasteiger partial charge < -0.3 is 15.0 Å². The zero-order valence-electron chi connectivity index (χ0n) is 19.7. The number of carbonyl (C=O) groups excluding carboxylic acids is 1. The van der Waals surface area contributed by atoms with E-state index < -0.39 is 0 Å². The van der Waals surface area contributed by atoms with Crippen LogP contribution in [-0.4, -0.2) is 24.4 Å². The predicted molar refractivity (Wildman–Crippen MR) is 149 cm³/mol. The largest absolute Gasteiger partial charge is 0.457 e. The van der Waals surface area contributed by atoms with Gasteiger partial charge >= 0.3 is 0 Å². The van der Waals surface area contributed by atoms with Crippen LogP contribution in [0, 0.1) is 0 Å². The van der Waals surface area contributed by atoms with Crippen LogP contribution in [0.5, 0.6) is 11.5 Å². The molecule has 1 N–H and O–H groups in total. The number of carbonyl (C=O) groups is 1. The number of nitrogens with one attached hydrogen (secondary N) is 1. The maximum Gasteiger partial charge on any atom is 0.257 e.